The second-order valence-corrected chi connectivity index (χ2v) is 16.5. The molecular formula is C38H58CoN2O4. The maximum Gasteiger partial charge on any atom is 0.300 e. The van der Waals surface area contributed by atoms with E-state index in [9.17, 15) is 9.59 Å². The summed E-state index contributed by atoms with van der Waals surface area (Å²) in [4.78, 5) is 36.0. The summed E-state index contributed by atoms with van der Waals surface area (Å²) >= 11 is 0. The van der Waals surface area contributed by atoms with Crippen LogP contribution >= 0.6 is 0 Å². The molecule has 3 aliphatic rings. The average Bonchev–Trinajstić information content (AvgIpc) is 2.84. The van der Waals surface area contributed by atoms with Crippen LogP contribution in [0.4, 0.5) is 0 Å². The molecule has 3 N–H and O–H groups in total. The van der Waals surface area contributed by atoms with Crippen LogP contribution < -0.4 is 10.6 Å². The van der Waals surface area contributed by atoms with E-state index in [0.29, 0.717) is 0 Å². The van der Waals surface area contributed by atoms with Crippen molar-refractivity contribution < 1.29 is 36.3 Å². The fourth-order valence-electron chi connectivity index (χ4n) is 5.42. The van der Waals surface area contributed by atoms with Crippen LogP contribution in [-0.2, 0) is 31.2 Å². The Labute approximate surface area is 283 Å². The molecule has 0 amide bonds. The van der Waals surface area contributed by atoms with Gasteiger partial charge in [-0.05, 0) is 57.8 Å². The smallest absolute Gasteiger partial charge is 0.300 e. The molecule has 6 nitrogen and oxygen atoms in total. The molecule has 0 heterocycles. The molecule has 0 bridgehead atoms. The molecule has 0 aromatic carbocycles. The van der Waals surface area contributed by atoms with Crippen molar-refractivity contribution in [3.05, 3.63) is 70.1 Å². The Kier molecular flexibility index (Phi) is 13.7. The van der Waals surface area contributed by atoms with E-state index < -0.39 is 5.97 Å². The van der Waals surface area contributed by atoms with Gasteiger partial charge in [0.2, 0.25) is 0 Å². The number of Topliss-reactive ketones (excluding diaryl/α,β-unsaturated/α-hetero) is 2. The molecule has 1 radical (unpaired) electrons. The van der Waals surface area contributed by atoms with Gasteiger partial charge >= 0.3 is 0 Å². The van der Waals surface area contributed by atoms with E-state index in [1.165, 1.54) is 11.1 Å². The van der Waals surface area contributed by atoms with Gasteiger partial charge in [-0.15, -0.1) is 0 Å². The first-order valence-corrected chi connectivity index (χ1v) is 16.0. The summed E-state index contributed by atoms with van der Waals surface area (Å²) in [5.74, 6) is -0.630. The summed E-state index contributed by atoms with van der Waals surface area (Å²) in [6.07, 6.45) is 16.5. The summed E-state index contributed by atoms with van der Waals surface area (Å²) in [7, 11) is 0. The van der Waals surface area contributed by atoms with E-state index in [4.69, 9.17) is 9.90 Å². The molecule has 2 atom stereocenters. The minimum Gasteiger partial charge on any atom is -0.481 e. The van der Waals surface area contributed by atoms with Crippen molar-refractivity contribution >= 4 is 17.5 Å². The number of carboxylic acids is 1. The quantitative estimate of drug-likeness (QED) is 0.261. The van der Waals surface area contributed by atoms with Crippen LogP contribution in [-0.4, -0.2) is 34.7 Å². The van der Waals surface area contributed by atoms with Crippen molar-refractivity contribution in [2.45, 2.75) is 128 Å². The van der Waals surface area contributed by atoms with Crippen LogP contribution in [0.5, 0.6) is 0 Å². The molecule has 0 unspecified atom stereocenters. The van der Waals surface area contributed by atoms with E-state index in [-0.39, 0.29) is 62.1 Å². The summed E-state index contributed by atoms with van der Waals surface area (Å²) in [5, 5.41) is 14.7. The molecule has 0 aliphatic heterocycles. The van der Waals surface area contributed by atoms with E-state index in [1.807, 2.05) is 12.4 Å². The van der Waals surface area contributed by atoms with Crippen molar-refractivity contribution in [3.63, 3.8) is 0 Å². The maximum absolute atomic E-state index is 13.5. The molecular weight excluding hydrogens is 607 g/mol. The SMILES string of the molecule is CC(=O)O.CC(C)(C)C1=C/C(=C/N[C@H]2CCCC[C@@H]2N/C=C2/C=C(C(C)(C)C)C=C(C(C)(C)C)C2=O)C(=O)C(C(C)(C)C)=C1.[Co]. The van der Waals surface area contributed by atoms with Crippen molar-refractivity contribution in [1.82, 2.24) is 10.6 Å². The van der Waals surface area contributed by atoms with E-state index in [2.05, 4.69) is 118 Å². The summed E-state index contributed by atoms with van der Waals surface area (Å²) < 4.78 is 0. The minimum absolute atomic E-state index is 0. The third kappa shape index (κ3) is 11.6. The Balaban J connectivity index is 0.00000191. The van der Waals surface area contributed by atoms with E-state index in [1.54, 1.807) is 0 Å². The number of carboxylic acid groups (broad SMARTS) is 1. The van der Waals surface area contributed by atoms with Gasteiger partial charge < -0.3 is 15.7 Å². The standard InChI is InChI=1S/C36H54N2O2.C2H4O2.Co/c1-33(2,3)25-17-23(31(39)27(19-25)35(7,8)9)21-37-29-15-13-14-16-30(29)38-22-24-18-26(34(4,5)6)20-28(32(24)40)36(10,11)12;1-2(3)4;/h17-22,29-30,37-38H,13-16H2,1-12H3;1H3,(H,3,4);/b23-21-,24-22-;;/t29-,30-;;/m0../s1. The number of rotatable bonds is 4. The molecule has 1 fully saturated rings. The van der Waals surface area contributed by atoms with Crippen molar-refractivity contribution in [3.8, 4) is 0 Å². The molecule has 3 aliphatic carbocycles. The second-order valence-electron chi connectivity index (χ2n) is 16.5. The third-order valence-electron chi connectivity index (χ3n) is 8.26. The number of nitrogens with one attached hydrogen (secondary N) is 2. The zero-order chi connectivity index (χ0) is 33.8. The van der Waals surface area contributed by atoms with Gasteiger partial charge in [0.25, 0.3) is 5.97 Å². The van der Waals surface area contributed by atoms with Crippen molar-refractivity contribution in [2.75, 3.05) is 0 Å². The Bertz CT molecular complexity index is 1210. The number of carbonyl (C=O) groups is 3. The number of aliphatic carboxylic acids is 1. The molecule has 7 heteroatoms. The van der Waals surface area contributed by atoms with E-state index in [0.717, 1.165) is 54.9 Å². The van der Waals surface area contributed by atoms with Gasteiger partial charge in [0.15, 0.2) is 11.6 Å². The average molecular weight is 666 g/mol. The zero-order valence-corrected chi connectivity index (χ0v) is 31.0. The number of carbonyl (C=O) groups excluding carboxylic acids is 2. The van der Waals surface area contributed by atoms with E-state index >= 15 is 0 Å². The fraction of sp³-hybridized carbons (Fsp3) is 0.605. The van der Waals surface area contributed by atoms with Crippen LogP contribution in [0, 0.1) is 21.7 Å². The molecule has 0 aromatic rings. The first kappa shape index (κ1) is 40.4. The third-order valence-corrected chi connectivity index (χ3v) is 8.26. The largest absolute Gasteiger partial charge is 0.481 e. The van der Waals surface area contributed by atoms with Crippen molar-refractivity contribution in [1.29, 1.82) is 0 Å². The number of allylic oxidation sites excluding steroid dienone is 10. The van der Waals surface area contributed by atoms with Gasteiger partial charge in [-0.25, -0.2) is 0 Å². The Hall–Kier alpha value is -2.64. The van der Waals surface area contributed by atoms with Gasteiger partial charge in [0.05, 0.1) is 0 Å². The Morgan fingerprint density at radius 1 is 0.644 bits per heavy atom. The Morgan fingerprint density at radius 2 is 0.933 bits per heavy atom. The minimum atomic E-state index is -0.833. The number of ketones is 2. The monoisotopic (exact) mass is 665 g/mol. The van der Waals surface area contributed by atoms with Crippen LogP contribution in [0.3, 0.4) is 0 Å². The molecule has 1 saturated carbocycles. The predicted octanol–water partition coefficient (Wildman–Crippen LogP) is 8.39. The van der Waals surface area contributed by atoms with Crippen LogP contribution in [0.1, 0.15) is 116 Å². The number of hydrogen-bond acceptors (Lipinski definition) is 5. The fourth-order valence-corrected chi connectivity index (χ4v) is 5.42. The maximum atomic E-state index is 13.5. The van der Waals surface area contributed by atoms with Gasteiger partial charge in [0.1, 0.15) is 0 Å². The molecule has 45 heavy (non-hydrogen) atoms. The molecule has 0 spiro atoms. The van der Waals surface area contributed by atoms with Gasteiger partial charge in [-0.3, -0.25) is 14.4 Å². The zero-order valence-electron chi connectivity index (χ0n) is 30.0. The first-order chi connectivity index (χ1) is 19.9. The topological polar surface area (TPSA) is 95.5 Å². The molecule has 0 aromatic heterocycles. The summed E-state index contributed by atoms with van der Waals surface area (Å²) in [6, 6.07) is 0.340. The molecule has 3 rings (SSSR count). The van der Waals surface area contributed by atoms with Crippen LogP contribution in [0.25, 0.3) is 0 Å². The van der Waals surface area contributed by atoms with Gasteiger partial charge in [-0.2, -0.15) is 0 Å². The van der Waals surface area contributed by atoms with Gasteiger partial charge in [-0.1, -0.05) is 108 Å². The molecule has 0 saturated heterocycles. The number of hydrogen-bond donors (Lipinski definition) is 3. The summed E-state index contributed by atoms with van der Waals surface area (Å²) in [6.45, 7) is 26.9. The second kappa shape index (κ2) is 15.3. The normalized spacial score (nSPS) is 23.1. The Morgan fingerprint density at radius 3 is 1.18 bits per heavy atom. The predicted molar refractivity (Wildman–Crippen MR) is 182 cm³/mol. The van der Waals surface area contributed by atoms with Crippen molar-refractivity contribution in [2.24, 2.45) is 21.7 Å². The van der Waals surface area contributed by atoms with Crippen LogP contribution in [0.15, 0.2) is 70.1 Å². The summed E-state index contributed by atoms with van der Waals surface area (Å²) in [5.41, 5.74) is 4.95. The first-order valence-electron chi connectivity index (χ1n) is 16.0. The molecule has 253 valence electrons. The van der Waals surface area contributed by atoms with Crippen LogP contribution in [0.2, 0.25) is 0 Å². The van der Waals surface area contributed by atoms with Gasteiger partial charge in [0, 0.05) is 70.5 Å².